The molecule has 0 N–H and O–H groups in total. The van der Waals surface area contributed by atoms with Gasteiger partial charge < -0.3 is 14.1 Å². The molecule has 1 fully saturated rings. The number of fused-ring (bicyclic) bond motifs is 1. The molecule has 4 aromatic rings. The van der Waals surface area contributed by atoms with Crippen LogP contribution in [0.2, 0.25) is 0 Å². The number of hydrogen-bond donors (Lipinski definition) is 0. The van der Waals surface area contributed by atoms with Crippen LogP contribution in [0.25, 0.3) is 11.0 Å². The van der Waals surface area contributed by atoms with Crippen molar-refractivity contribution in [1.29, 1.82) is 0 Å². The monoisotopic (exact) mass is 458 g/mol. The highest BCUT2D eigenvalue weighted by Gasteiger charge is 2.19. The predicted molar refractivity (Wildman–Crippen MR) is 127 cm³/mol. The molecule has 174 valence electrons. The van der Waals surface area contributed by atoms with Crippen LogP contribution in [0.1, 0.15) is 34.5 Å². The van der Waals surface area contributed by atoms with Crippen LogP contribution in [0, 0.1) is 0 Å². The Morgan fingerprint density at radius 2 is 1.91 bits per heavy atom. The molecule has 5 rings (SSSR count). The summed E-state index contributed by atoms with van der Waals surface area (Å²) in [5.41, 5.74) is 1.48. The summed E-state index contributed by atoms with van der Waals surface area (Å²) < 4.78 is 13.2. The molecular formula is C26H26N4O4. The maximum absolute atomic E-state index is 12.7. The van der Waals surface area contributed by atoms with Crippen LogP contribution in [0.5, 0.6) is 5.75 Å². The fraction of sp³-hybridized carbons (Fsp3) is 0.308. The number of ether oxygens (including phenoxy) is 1. The quantitative estimate of drug-likeness (QED) is 0.310. The van der Waals surface area contributed by atoms with Crippen molar-refractivity contribution in [2.45, 2.75) is 31.9 Å². The number of likely N-dealkylation sites (tertiary alicyclic amines) is 1. The summed E-state index contributed by atoms with van der Waals surface area (Å²) in [6, 6.07) is 17.0. The summed E-state index contributed by atoms with van der Waals surface area (Å²) in [6.45, 7) is 2.52. The second-order valence-electron chi connectivity index (χ2n) is 8.77. The minimum absolute atomic E-state index is 0.101. The number of carbonyl (C=O) groups is 1. The van der Waals surface area contributed by atoms with Crippen molar-refractivity contribution in [3.63, 3.8) is 0 Å². The van der Waals surface area contributed by atoms with E-state index in [2.05, 4.69) is 22.3 Å². The van der Waals surface area contributed by atoms with Crippen molar-refractivity contribution in [3.8, 4) is 5.75 Å². The van der Waals surface area contributed by atoms with Gasteiger partial charge in [-0.05, 0) is 43.7 Å². The smallest absolute Gasteiger partial charge is 0.339 e. The molecule has 0 radical (unpaired) electrons. The average Bonchev–Trinajstić information content (AvgIpc) is 3.30. The zero-order valence-corrected chi connectivity index (χ0v) is 19.0. The van der Waals surface area contributed by atoms with E-state index < -0.39 is 5.63 Å². The van der Waals surface area contributed by atoms with Crippen molar-refractivity contribution >= 4 is 16.8 Å². The Labute approximate surface area is 196 Å². The molecule has 1 aliphatic heterocycles. The molecule has 8 nitrogen and oxygen atoms in total. The molecule has 3 heterocycles. The zero-order chi connectivity index (χ0) is 23.5. The first-order valence-electron chi connectivity index (χ1n) is 11.4. The van der Waals surface area contributed by atoms with Crippen molar-refractivity contribution in [1.82, 2.24) is 19.9 Å². The number of piperidine rings is 1. The lowest BCUT2D eigenvalue weighted by atomic mass is 10.1. The van der Waals surface area contributed by atoms with Gasteiger partial charge in [0.1, 0.15) is 23.1 Å². The van der Waals surface area contributed by atoms with Crippen molar-refractivity contribution in [2.24, 2.45) is 0 Å². The third-order valence-electron chi connectivity index (χ3n) is 6.11. The van der Waals surface area contributed by atoms with E-state index in [0.29, 0.717) is 23.4 Å². The standard InChI is InChI=1S/C26H26N4O4/c1-29-11-9-21(10-12-29)33-22-8-7-19-13-20(26(32)34-25(19)15-22)14-24(31)23-17-30(28-27-23)16-18-5-3-2-4-6-18/h2-8,13,15,17,21H,9-12,14,16H2,1H3. The van der Waals surface area contributed by atoms with Crippen LogP contribution in [0.4, 0.5) is 0 Å². The van der Waals surface area contributed by atoms with Crippen LogP contribution in [-0.4, -0.2) is 51.9 Å². The summed E-state index contributed by atoms with van der Waals surface area (Å²) in [7, 11) is 2.11. The first-order chi connectivity index (χ1) is 16.5. The minimum Gasteiger partial charge on any atom is -0.490 e. The van der Waals surface area contributed by atoms with E-state index in [1.807, 2.05) is 42.5 Å². The van der Waals surface area contributed by atoms with Crippen molar-refractivity contribution < 1.29 is 13.9 Å². The summed E-state index contributed by atoms with van der Waals surface area (Å²) in [5, 5.41) is 8.76. The summed E-state index contributed by atoms with van der Waals surface area (Å²) >= 11 is 0. The molecule has 1 aliphatic rings. The number of rotatable bonds is 7. The number of ketones is 1. The van der Waals surface area contributed by atoms with Crippen LogP contribution >= 0.6 is 0 Å². The Morgan fingerprint density at radius 1 is 1.12 bits per heavy atom. The van der Waals surface area contributed by atoms with Gasteiger partial charge in [-0.15, -0.1) is 5.10 Å². The third kappa shape index (κ3) is 5.07. The topological polar surface area (TPSA) is 90.5 Å². The van der Waals surface area contributed by atoms with E-state index in [1.54, 1.807) is 23.0 Å². The lowest BCUT2D eigenvalue weighted by molar-refractivity contribution is 0.0987. The van der Waals surface area contributed by atoms with Gasteiger partial charge in [0.05, 0.1) is 12.7 Å². The molecule has 1 saturated heterocycles. The summed E-state index contributed by atoms with van der Waals surface area (Å²) in [6.07, 6.45) is 3.60. The average molecular weight is 459 g/mol. The van der Waals surface area contributed by atoms with E-state index in [0.717, 1.165) is 36.9 Å². The molecule has 2 aromatic carbocycles. The normalized spacial score (nSPS) is 15.0. The van der Waals surface area contributed by atoms with Gasteiger partial charge in [0.15, 0.2) is 5.78 Å². The van der Waals surface area contributed by atoms with Crippen LogP contribution in [0.15, 0.2) is 70.0 Å². The Bertz CT molecular complexity index is 1350. The van der Waals surface area contributed by atoms with Crippen molar-refractivity contribution in [3.05, 3.63) is 88.0 Å². The number of aromatic nitrogens is 3. The van der Waals surface area contributed by atoms with Gasteiger partial charge >= 0.3 is 5.63 Å². The van der Waals surface area contributed by atoms with Gasteiger partial charge in [0.2, 0.25) is 0 Å². The molecule has 0 unspecified atom stereocenters. The molecule has 0 amide bonds. The highest BCUT2D eigenvalue weighted by molar-refractivity contribution is 5.95. The lowest BCUT2D eigenvalue weighted by Crippen LogP contribution is -2.35. The molecule has 0 saturated carbocycles. The van der Waals surface area contributed by atoms with Gasteiger partial charge in [0.25, 0.3) is 0 Å². The molecule has 2 aromatic heterocycles. The summed E-state index contributed by atoms with van der Waals surface area (Å²) in [5.74, 6) is 0.400. The first kappa shape index (κ1) is 22.0. The molecule has 0 spiro atoms. The number of hydrogen-bond acceptors (Lipinski definition) is 7. The Morgan fingerprint density at radius 3 is 2.71 bits per heavy atom. The van der Waals surface area contributed by atoms with Gasteiger partial charge in [0, 0.05) is 36.5 Å². The molecule has 0 bridgehead atoms. The Balaban J connectivity index is 1.28. The predicted octanol–water partition coefficient (Wildman–Crippen LogP) is 3.33. The second-order valence-corrected chi connectivity index (χ2v) is 8.77. The van der Waals surface area contributed by atoms with Crippen molar-refractivity contribution in [2.75, 3.05) is 20.1 Å². The van der Waals surface area contributed by atoms with Gasteiger partial charge in [-0.2, -0.15) is 0 Å². The van der Waals surface area contributed by atoms with Crippen LogP contribution in [0.3, 0.4) is 0 Å². The summed E-state index contributed by atoms with van der Waals surface area (Å²) in [4.78, 5) is 27.6. The zero-order valence-electron chi connectivity index (χ0n) is 19.0. The van der Waals surface area contributed by atoms with E-state index >= 15 is 0 Å². The number of nitrogens with zero attached hydrogens (tertiary/aromatic N) is 4. The maximum Gasteiger partial charge on any atom is 0.339 e. The van der Waals surface area contributed by atoms with Crippen LogP contribution < -0.4 is 10.4 Å². The highest BCUT2D eigenvalue weighted by atomic mass is 16.5. The van der Waals surface area contributed by atoms with Crippen LogP contribution in [-0.2, 0) is 13.0 Å². The SMILES string of the molecule is CN1CCC(Oc2ccc3cc(CC(=O)c4cn(Cc5ccccc5)nn4)c(=O)oc3c2)CC1. The van der Waals surface area contributed by atoms with Gasteiger partial charge in [-0.1, -0.05) is 35.5 Å². The largest absolute Gasteiger partial charge is 0.490 e. The molecule has 8 heteroatoms. The number of Topliss-reactive ketones (excluding diaryl/α,β-unsaturated/α-hetero) is 1. The van der Waals surface area contributed by atoms with Gasteiger partial charge in [-0.3, -0.25) is 4.79 Å². The fourth-order valence-corrected chi connectivity index (χ4v) is 4.16. The van der Waals surface area contributed by atoms with Gasteiger partial charge in [-0.25, -0.2) is 9.48 Å². The van der Waals surface area contributed by atoms with E-state index in [4.69, 9.17) is 9.15 Å². The van der Waals surface area contributed by atoms with E-state index in [-0.39, 0.29) is 24.0 Å². The lowest BCUT2D eigenvalue weighted by Gasteiger charge is -2.29. The molecule has 0 atom stereocenters. The minimum atomic E-state index is -0.533. The third-order valence-corrected chi connectivity index (χ3v) is 6.11. The fourth-order valence-electron chi connectivity index (χ4n) is 4.16. The number of benzene rings is 2. The highest BCUT2D eigenvalue weighted by Crippen LogP contribution is 2.24. The maximum atomic E-state index is 12.7. The molecule has 34 heavy (non-hydrogen) atoms. The van der Waals surface area contributed by atoms with E-state index in [9.17, 15) is 9.59 Å². The number of carbonyl (C=O) groups excluding carboxylic acids is 1. The Kier molecular flexibility index (Phi) is 6.22. The Hall–Kier alpha value is -3.78. The molecular weight excluding hydrogens is 432 g/mol. The first-order valence-corrected chi connectivity index (χ1v) is 11.4. The van der Waals surface area contributed by atoms with E-state index in [1.165, 1.54) is 0 Å². The second kappa shape index (κ2) is 9.61. The molecule has 0 aliphatic carbocycles.